The molecule has 2 aromatic carbocycles. The molecule has 2 N–H and O–H groups in total. The monoisotopic (exact) mass is 412 g/mol. The average Bonchev–Trinajstić information content (AvgIpc) is 2.69. The van der Waals surface area contributed by atoms with Crippen molar-refractivity contribution < 1.29 is 13.2 Å². The average molecular weight is 412 g/mol. The number of nitrogens with zero attached hydrogens (tertiary/aromatic N) is 2. The van der Waals surface area contributed by atoms with E-state index in [1.165, 1.54) is 16.7 Å². The Hall–Kier alpha value is -3.46. The first-order chi connectivity index (χ1) is 13.8. The van der Waals surface area contributed by atoms with Crippen LogP contribution in [0.2, 0.25) is 0 Å². The van der Waals surface area contributed by atoms with Gasteiger partial charge in [-0.3, -0.25) is 14.2 Å². The number of carbonyl (C=O) groups is 1. The van der Waals surface area contributed by atoms with E-state index < -0.39 is 15.4 Å². The highest BCUT2D eigenvalue weighted by Gasteiger charge is 2.19. The van der Waals surface area contributed by atoms with Gasteiger partial charge in [-0.1, -0.05) is 17.7 Å². The van der Waals surface area contributed by atoms with Crippen LogP contribution in [0.5, 0.6) is 0 Å². The number of hydrogen-bond acceptors (Lipinski definition) is 6. The van der Waals surface area contributed by atoms with Crippen LogP contribution in [0.3, 0.4) is 0 Å². The third-order valence-electron chi connectivity index (χ3n) is 4.36. The van der Waals surface area contributed by atoms with Crippen LogP contribution in [-0.4, -0.2) is 37.7 Å². The lowest BCUT2D eigenvalue weighted by atomic mass is 10.1. The summed E-state index contributed by atoms with van der Waals surface area (Å²) in [6.45, 7) is 1.93. The first kappa shape index (κ1) is 20.3. The molecule has 3 aromatic rings. The molecular weight excluding hydrogens is 392 g/mol. The maximum Gasteiger partial charge on any atom is 0.284 e. The Balaban J connectivity index is 2.32. The summed E-state index contributed by atoms with van der Waals surface area (Å²) in [5.41, 5.74) is 1.67. The van der Waals surface area contributed by atoms with Crippen LogP contribution in [0, 0.1) is 6.92 Å². The van der Waals surface area contributed by atoms with Gasteiger partial charge < -0.3 is 10.6 Å². The molecule has 0 aliphatic carbocycles. The highest BCUT2D eigenvalue weighted by Crippen LogP contribution is 2.26. The number of anilines is 2. The lowest BCUT2D eigenvalue weighted by molar-refractivity contribution is -0.105. The van der Waals surface area contributed by atoms with Crippen LogP contribution in [0.15, 0.2) is 58.2 Å². The van der Waals surface area contributed by atoms with Crippen LogP contribution >= 0.6 is 0 Å². The van der Waals surface area contributed by atoms with Gasteiger partial charge in [-0.25, -0.2) is 13.4 Å². The van der Waals surface area contributed by atoms with Gasteiger partial charge in [-0.05, 0) is 43.3 Å². The number of hydrogen-bond donors (Lipinski definition) is 2. The number of aryl methyl sites for hydroxylation is 1. The molecule has 0 atom stereocenters. The van der Waals surface area contributed by atoms with Gasteiger partial charge in [0.2, 0.25) is 6.41 Å². The standard InChI is InChI=1S/C20H20N4O4S/c1-13-4-8-15(9-5-13)24-19(14-6-10-16(11-7-14)29(3,27)28)23-18(21-2)17(20(24)26)22-12-25/h4-12,21H,1-3H3,(H,22,25). The van der Waals surface area contributed by atoms with E-state index in [9.17, 15) is 18.0 Å². The zero-order valence-electron chi connectivity index (χ0n) is 16.1. The molecule has 9 heteroatoms. The third-order valence-corrected chi connectivity index (χ3v) is 5.48. The molecule has 0 fully saturated rings. The van der Waals surface area contributed by atoms with Crippen molar-refractivity contribution >= 4 is 27.8 Å². The van der Waals surface area contributed by atoms with E-state index in [1.54, 1.807) is 31.3 Å². The van der Waals surface area contributed by atoms with Crippen LogP contribution in [0.1, 0.15) is 5.56 Å². The van der Waals surface area contributed by atoms with E-state index in [-0.39, 0.29) is 16.4 Å². The highest BCUT2D eigenvalue weighted by molar-refractivity contribution is 7.90. The number of carbonyl (C=O) groups excluding carboxylic acids is 1. The number of amides is 1. The zero-order chi connectivity index (χ0) is 21.2. The number of benzene rings is 2. The number of rotatable bonds is 6. The Kier molecular flexibility index (Phi) is 5.51. The van der Waals surface area contributed by atoms with Gasteiger partial charge in [0.15, 0.2) is 21.3 Å². The number of sulfone groups is 1. The summed E-state index contributed by atoms with van der Waals surface area (Å²) >= 11 is 0. The lowest BCUT2D eigenvalue weighted by Crippen LogP contribution is -2.26. The summed E-state index contributed by atoms with van der Waals surface area (Å²) in [6, 6.07) is 13.4. The molecule has 0 unspecified atom stereocenters. The zero-order valence-corrected chi connectivity index (χ0v) is 16.9. The first-order valence-electron chi connectivity index (χ1n) is 8.68. The molecule has 0 bridgehead atoms. The van der Waals surface area contributed by atoms with E-state index in [0.717, 1.165) is 11.8 Å². The van der Waals surface area contributed by atoms with Gasteiger partial charge in [0.1, 0.15) is 5.82 Å². The van der Waals surface area contributed by atoms with Crippen molar-refractivity contribution in [2.24, 2.45) is 0 Å². The Bertz CT molecular complexity index is 1220. The molecule has 1 aromatic heterocycles. The minimum atomic E-state index is -3.35. The second kappa shape index (κ2) is 7.88. The van der Waals surface area contributed by atoms with Crippen LogP contribution < -0.4 is 16.2 Å². The normalized spacial score (nSPS) is 11.1. The maximum atomic E-state index is 13.2. The van der Waals surface area contributed by atoms with E-state index in [1.807, 2.05) is 19.1 Å². The molecule has 0 aliphatic heterocycles. The number of nitrogens with one attached hydrogen (secondary N) is 2. The van der Waals surface area contributed by atoms with Crippen molar-refractivity contribution in [2.45, 2.75) is 11.8 Å². The topological polar surface area (TPSA) is 110 Å². The van der Waals surface area contributed by atoms with Crippen LogP contribution in [-0.2, 0) is 14.6 Å². The Morgan fingerprint density at radius 1 is 1.03 bits per heavy atom. The molecule has 1 amide bonds. The molecule has 0 saturated carbocycles. The maximum absolute atomic E-state index is 13.2. The predicted molar refractivity (Wildman–Crippen MR) is 112 cm³/mol. The second-order valence-corrected chi connectivity index (χ2v) is 8.46. The quantitative estimate of drug-likeness (QED) is 0.601. The molecule has 0 spiro atoms. The van der Waals surface area contributed by atoms with Crippen molar-refractivity contribution in [3.63, 3.8) is 0 Å². The summed E-state index contributed by atoms with van der Waals surface area (Å²) in [5.74, 6) is 0.507. The second-order valence-electron chi connectivity index (χ2n) is 6.44. The molecule has 150 valence electrons. The third kappa shape index (κ3) is 4.04. The molecule has 0 radical (unpaired) electrons. The van der Waals surface area contributed by atoms with Gasteiger partial charge >= 0.3 is 0 Å². The largest absolute Gasteiger partial charge is 0.371 e. The summed E-state index contributed by atoms with van der Waals surface area (Å²) in [4.78, 5) is 28.9. The molecule has 1 heterocycles. The van der Waals surface area contributed by atoms with Crippen molar-refractivity contribution in [1.82, 2.24) is 9.55 Å². The highest BCUT2D eigenvalue weighted by atomic mass is 32.2. The van der Waals surface area contributed by atoms with Crippen molar-refractivity contribution in [3.8, 4) is 17.1 Å². The SMILES string of the molecule is CNc1nc(-c2ccc(S(C)(=O)=O)cc2)n(-c2ccc(C)cc2)c(=O)c1NC=O. The fourth-order valence-electron chi connectivity index (χ4n) is 2.87. The molecule has 8 nitrogen and oxygen atoms in total. The molecule has 3 rings (SSSR count). The summed E-state index contributed by atoms with van der Waals surface area (Å²) < 4.78 is 24.9. The van der Waals surface area contributed by atoms with Crippen LogP contribution in [0.4, 0.5) is 11.5 Å². The van der Waals surface area contributed by atoms with E-state index >= 15 is 0 Å². The van der Waals surface area contributed by atoms with E-state index in [0.29, 0.717) is 23.5 Å². The van der Waals surface area contributed by atoms with Crippen molar-refractivity contribution in [2.75, 3.05) is 23.9 Å². The fraction of sp³-hybridized carbons (Fsp3) is 0.150. The predicted octanol–water partition coefficient (Wildman–Crippen LogP) is 2.22. The molecule has 0 aliphatic rings. The summed E-state index contributed by atoms with van der Waals surface area (Å²) in [5, 5.41) is 5.22. The summed E-state index contributed by atoms with van der Waals surface area (Å²) in [6.07, 6.45) is 1.54. The van der Waals surface area contributed by atoms with Crippen molar-refractivity contribution in [3.05, 3.63) is 64.4 Å². The summed E-state index contributed by atoms with van der Waals surface area (Å²) in [7, 11) is -1.77. The fourth-order valence-corrected chi connectivity index (χ4v) is 3.50. The van der Waals surface area contributed by atoms with Gasteiger partial charge in [-0.15, -0.1) is 0 Å². The smallest absolute Gasteiger partial charge is 0.284 e. The van der Waals surface area contributed by atoms with E-state index in [2.05, 4.69) is 15.6 Å². The first-order valence-corrected chi connectivity index (χ1v) is 10.6. The van der Waals surface area contributed by atoms with Crippen LogP contribution in [0.25, 0.3) is 17.1 Å². The molecule has 29 heavy (non-hydrogen) atoms. The van der Waals surface area contributed by atoms with Crippen molar-refractivity contribution in [1.29, 1.82) is 0 Å². The van der Waals surface area contributed by atoms with Gasteiger partial charge in [0.05, 0.1) is 10.6 Å². The Morgan fingerprint density at radius 2 is 1.66 bits per heavy atom. The molecule has 0 saturated heterocycles. The van der Waals surface area contributed by atoms with Gasteiger partial charge in [0, 0.05) is 18.9 Å². The van der Waals surface area contributed by atoms with E-state index in [4.69, 9.17) is 0 Å². The van der Waals surface area contributed by atoms with Gasteiger partial charge in [-0.2, -0.15) is 0 Å². The lowest BCUT2D eigenvalue weighted by Gasteiger charge is -2.17. The number of aromatic nitrogens is 2. The minimum Gasteiger partial charge on any atom is -0.371 e. The van der Waals surface area contributed by atoms with Gasteiger partial charge in [0.25, 0.3) is 5.56 Å². The Labute approximate surface area is 168 Å². The minimum absolute atomic E-state index is 0.0135. The molecular formula is C20H20N4O4S. The Morgan fingerprint density at radius 3 is 2.17 bits per heavy atom.